The summed E-state index contributed by atoms with van der Waals surface area (Å²) in [7, 11) is -3.94. The summed E-state index contributed by atoms with van der Waals surface area (Å²) in [6, 6.07) is 19.5. The topological polar surface area (TPSA) is 72.2 Å². The minimum atomic E-state index is -3.94. The maximum absolute atomic E-state index is 13.4. The standard InChI is InChI=1S/C24H21ClN2O3S/c1-15-8-10-19(11-9-15)31(28,29)24-23(26-18-13-16(2)12-17(3)14-18)30-22(27-24)20-6-4-5-7-21(20)25/h4-14,26H,1-3H3. The molecule has 0 bridgehead atoms. The van der Waals surface area contributed by atoms with E-state index in [1.807, 2.05) is 39.0 Å². The highest BCUT2D eigenvalue weighted by molar-refractivity contribution is 7.91. The van der Waals surface area contributed by atoms with Crippen LogP contribution in [-0.2, 0) is 9.84 Å². The molecule has 3 aromatic carbocycles. The van der Waals surface area contributed by atoms with Gasteiger partial charge in [0.1, 0.15) is 0 Å². The monoisotopic (exact) mass is 452 g/mol. The van der Waals surface area contributed by atoms with Crippen LogP contribution < -0.4 is 5.32 Å². The first-order valence-corrected chi connectivity index (χ1v) is 11.5. The molecule has 0 aliphatic rings. The quantitative estimate of drug-likeness (QED) is 0.374. The lowest BCUT2D eigenvalue weighted by Crippen LogP contribution is -2.05. The molecule has 1 N–H and O–H groups in total. The molecule has 0 spiro atoms. The van der Waals surface area contributed by atoms with Crippen LogP contribution in [0.3, 0.4) is 0 Å². The summed E-state index contributed by atoms with van der Waals surface area (Å²) in [5, 5.41) is 3.33. The third-order valence-electron chi connectivity index (χ3n) is 4.77. The first-order valence-electron chi connectivity index (χ1n) is 9.67. The van der Waals surface area contributed by atoms with Gasteiger partial charge in [-0.3, -0.25) is 0 Å². The molecule has 5 nitrogen and oxygen atoms in total. The number of benzene rings is 3. The largest absolute Gasteiger partial charge is 0.419 e. The van der Waals surface area contributed by atoms with E-state index in [1.165, 1.54) is 0 Å². The third-order valence-corrected chi connectivity index (χ3v) is 6.77. The molecule has 7 heteroatoms. The Morgan fingerprint density at radius 1 is 0.871 bits per heavy atom. The van der Waals surface area contributed by atoms with E-state index in [-0.39, 0.29) is 21.7 Å². The summed E-state index contributed by atoms with van der Waals surface area (Å²) >= 11 is 6.30. The van der Waals surface area contributed by atoms with Gasteiger partial charge in [-0.1, -0.05) is 47.5 Å². The molecule has 0 saturated carbocycles. The lowest BCUT2D eigenvalue weighted by molar-refractivity contribution is 0.582. The zero-order valence-corrected chi connectivity index (χ0v) is 18.9. The van der Waals surface area contributed by atoms with E-state index < -0.39 is 9.84 Å². The van der Waals surface area contributed by atoms with Gasteiger partial charge in [-0.05, 0) is 68.3 Å². The van der Waals surface area contributed by atoms with Crippen LogP contribution in [0.15, 0.2) is 81.1 Å². The smallest absolute Gasteiger partial charge is 0.238 e. The lowest BCUT2D eigenvalue weighted by Gasteiger charge is -2.08. The van der Waals surface area contributed by atoms with Crippen LogP contribution in [0.2, 0.25) is 5.02 Å². The van der Waals surface area contributed by atoms with Crippen molar-refractivity contribution in [3.63, 3.8) is 0 Å². The zero-order chi connectivity index (χ0) is 22.2. The van der Waals surface area contributed by atoms with Crippen molar-refractivity contribution in [2.45, 2.75) is 30.7 Å². The minimum Gasteiger partial charge on any atom is -0.419 e. The molecule has 0 aliphatic heterocycles. The van der Waals surface area contributed by atoms with Crippen molar-refractivity contribution < 1.29 is 12.8 Å². The van der Waals surface area contributed by atoms with Crippen molar-refractivity contribution >= 4 is 33.0 Å². The summed E-state index contributed by atoms with van der Waals surface area (Å²) in [6.45, 7) is 5.84. The molecular formula is C24H21ClN2O3S. The maximum atomic E-state index is 13.4. The summed E-state index contributed by atoms with van der Waals surface area (Å²) in [6.07, 6.45) is 0. The van der Waals surface area contributed by atoms with Crippen molar-refractivity contribution in [3.8, 4) is 11.5 Å². The second-order valence-corrected chi connectivity index (χ2v) is 9.72. The van der Waals surface area contributed by atoms with Gasteiger partial charge in [0.2, 0.25) is 26.6 Å². The van der Waals surface area contributed by atoms with Crippen LogP contribution in [0.4, 0.5) is 11.6 Å². The van der Waals surface area contributed by atoms with Crippen molar-refractivity contribution in [1.29, 1.82) is 0 Å². The lowest BCUT2D eigenvalue weighted by atomic mass is 10.1. The number of nitrogens with one attached hydrogen (secondary N) is 1. The SMILES string of the molecule is Cc1ccc(S(=O)(=O)c2nc(-c3ccccc3Cl)oc2Nc2cc(C)cc(C)c2)cc1. The summed E-state index contributed by atoms with van der Waals surface area (Å²) in [5.41, 5.74) is 4.26. The van der Waals surface area contributed by atoms with Crippen LogP contribution in [-0.4, -0.2) is 13.4 Å². The van der Waals surface area contributed by atoms with Crippen molar-refractivity contribution in [2.75, 3.05) is 5.32 Å². The average molecular weight is 453 g/mol. The molecule has 0 saturated heterocycles. The van der Waals surface area contributed by atoms with Crippen LogP contribution in [0, 0.1) is 20.8 Å². The first kappa shape index (κ1) is 21.2. The number of rotatable bonds is 5. The van der Waals surface area contributed by atoms with Crippen LogP contribution >= 0.6 is 11.6 Å². The number of halogens is 1. The molecule has 0 radical (unpaired) electrons. The Morgan fingerprint density at radius 3 is 2.16 bits per heavy atom. The Kier molecular flexibility index (Phi) is 5.60. The van der Waals surface area contributed by atoms with Crippen LogP contribution in [0.25, 0.3) is 11.5 Å². The molecule has 1 heterocycles. The maximum Gasteiger partial charge on any atom is 0.238 e. The second-order valence-electron chi connectivity index (χ2n) is 7.45. The number of nitrogens with zero attached hydrogens (tertiary/aromatic N) is 1. The van der Waals surface area contributed by atoms with Crippen molar-refractivity contribution in [1.82, 2.24) is 4.98 Å². The van der Waals surface area contributed by atoms with Crippen LogP contribution in [0.1, 0.15) is 16.7 Å². The van der Waals surface area contributed by atoms with E-state index in [1.54, 1.807) is 48.5 Å². The number of oxazole rings is 1. The van der Waals surface area contributed by atoms with Crippen LogP contribution in [0.5, 0.6) is 0 Å². The Bertz CT molecular complexity index is 1340. The number of sulfone groups is 1. The first-order chi connectivity index (χ1) is 14.7. The van der Waals surface area contributed by atoms with Gasteiger partial charge in [-0.25, -0.2) is 8.42 Å². The summed E-state index contributed by atoms with van der Waals surface area (Å²) < 4.78 is 32.8. The van der Waals surface area contributed by atoms with Crippen molar-refractivity contribution in [3.05, 3.63) is 88.4 Å². The Morgan fingerprint density at radius 2 is 1.52 bits per heavy atom. The zero-order valence-electron chi connectivity index (χ0n) is 17.3. The molecule has 0 amide bonds. The average Bonchev–Trinajstić information content (AvgIpc) is 3.12. The highest BCUT2D eigenvalue weighted by atomic mass is 35.5. The molecule has 0 aliphatic carbocycles. The fraction of sp³-hybridized carbons (Fsp3) is 0.125. The highest BCUT2D eigenvalue weighted by Crippen LogP contribution is 2.36. The summed E-state index contributed by atoms with van der Waals surface area (Å²) in [5.74, 6) is 0.170. The predicted octanol–water partition coefficient (Wildman–Crippen LogP) is 6.50. The number of anilines is 2. The van der Waals surface area contributed by atoms with E-state index in [4.69, 9.17) is 16.0 Å². The molecule has 4 aromatic rings. The van der Waals surface area contributed by atoms with Crippen molar-refractivity contribution in [2.24, 2.45) is 0 Å². The van der Waals surface area contributed by atoms with Gasteiger partial charge in [-0.15, -0.1) is 0 Å². The Hall–Kier alpha value is -3.09. The Balaban J connectivity index is 1.88. The van der Waals surface area contributed by atoms with E-state index >= 15 is 0 Å². The highest BCUT2D eigenvalue weighted by Gasteiger charge is 2.29. The van der Waals surface area contributed by atoms with E-state index in [0.717, 1.165) is 16.7 Å². The van der Waals surface area contributed by atoms with E-state index in [2.05, 4.69) is 10.3 Å². The van der Waals surface area contributed by atoms with Gasteiger partial charge in [-0.2, -0.15) is 4.98 Å². The van der Waals surface area contributed by atoms with E-state index in [0.29, 0.717) is 16.3 Å². The van der Waals surface area contributed by atoms with E-state index in [9.17, 15) is 8.42 Å². The molecule has 0 atom stereocenters. The minimum absolute atomic E-state index is 0.0421. The molecule has 4 rings (SSSR count). The number of aryl methyl sites for hydroxylation is 3. The fourth-order valence-electron chi connectivity index (χ4n) is 3.32. The molecular weight excluding hydrogens is 432 g/mol. The van der Waals surface area contributed by atoms with Gasteiger partial charge >= 0.3 is 0 Å². The van der Waals surface area contributed by atoms with Gasteiger partial charge in [0.05, 0.1) is 15.5 Å². The number of hydrogen-bond acceptors (Lipinski definition) is 5. The second kappa shape index (κ2) is 8.21. The van der Waals surface area contributed by atoms with Gasteiger partial charge < -0.3 is 9.73 Å². The molecule has 0 unspecified atom stereocenters. The summed E-state index contributed by atoms with van der Waals surface area (Å²) in [4.78, 5) is 4.49. The fourth-order valence-corrected chi connectivity index (χ4v) is 4.80. The van der Waals surface area contributed by atoms with Gasteiger partial charge in [0, 0.05) is 5.69 Å². The molecule has 158 valence electrons. The molecule has 31 heavy (non-hydrogen) atoms. The number of hydrogen-bond donors (Lipinski definition) is 1. The molecule has 1 aromatic heterocycles. The van der Waals surface area contributed by atoms with Gasteiger partial charge in [0.15, 0.2) is 0 Å². The predicted molar refractivity (Wildman–Crippen MR) is 123 cm³/mol. The number of aromatic nitrogens is 1. The van der Waals surface area contributed by atoms with Gasteiger partial charge in [0.25, 0.3) is 0 Å². The third kappa shape index (κ3) is 4.36. The molecule has 0 fully saturated rings. The normalized spacial score (nSPS) is 11.5. The Labute approximate surface area is 186 Å².